The van der Waals surface area contributed by atoms with Crippen LogP contribution in [0.2, 0.25) is 0 Å². The highest BCUT2D eigenvalue weighted by molar-refractivity contribution is 7.11. The van der Waals surface area contributed by atoms with Crippen LogP contribution in [0.4, 0.5) is 0 Å². The summed E-state index contributed by atoms with van der Waals surface area (Å²) in [6.45, 7) is 6.83. The standard InChI is InChI=1S/C10H16N2OS/c1-7-10(14-8(2)12-7)5-11-9-3-4-13-6-9/h9,11H,3-6H2,1-2H3. The number of aryl methyl sites for hydroxylation is 2. The number of hydrogen-bond acceptors (Lipinski definition) is 4. The summed E-state index contributed by atoms with van der Waals surface area (Å²) in [6, 6.07) is 0.539. The molecule has 1 N–H and O–H groups in total. The summed E-state index contributed by atoms with van der Waals surface area (Å²) in [5.41, 5.74) is 1.17. The molecule has 1 aromatic rings. The normalized spacial score (nSPS) is 21.7. The first-order chi connectivity index (χ1) is 6.75. The van der Waals surface area contributed by atoms with E-state index >= 15 is 0 Å². The zero-order valence-corrected chi connectivity index (χ0v) is 9.49. The zero-order chi connectivity index (χ0) is 9.97. The molecule has 0 bridgehead atoms. The van der Waals surface area contributed by atoms with Crippen molar-refractivity contribution in [2.75, 3.05) is 13.2 Å². The number of thiazole rings is 1. The molecule has 4 heteroatoms. The molecule has 0 aliphatic carbocycles. The molecule has 2 rings (SSSR count). The maximum absolute atomic E-state index is 5.31. The fraction of sp³-hybridized carbons (Fsp3) is 0.700. The largest absolute Gasteiger partial charge is 0.380 e. The first-order valence-electron chi connectivity index (χ1n) is 5.00. The Bertz CT molecular complexity index is 305. The highest BCUT2D eigenvalue weighted by atomic mass is 32.1. The molecule has 0 aromatic carbocycles. The Morgan fingerprint density at radius 1 is 1.57 bits per heavy atom. The molecule has 0 radical (unpaired) electrons. The maximum atomic E-state index is 5.31. The minimum absolute atomic E-state index is 0.539. The Kier molecular flexibility index (Phi) is 3.15. The molecule has 3 nitrogen and oxygen atoms in total. The van der Waals surface area contributed by atoms with Gasteiger partial charge in [-0.25, -0.2) is 4.98 Å². The summed E-state index contributed by atoms with van der Waals surface area (Å²) in [4.78, 5) is 5.76. The van der Waals surface area contributed by atoms with Crippen molar-refractivity contribution in [2.24, 2.45) is 0 Å². The van der Waals surface area contributed by atoms with Crippen molar-refractivity contribution >= 4 is 11.3 Å². The highest BCUT2D eigenvalue weighted by Gasteiger charge is 2.15. The molecule has 1 saturated heterocycles. The summed E-state index contributed by atoms with van der Waals surface area (Å²) in [5, 5.41) is 4.65. The Balaban J connectivity index is 1.87. The van der Waals surface area contributed by atoms with Crippen LogP contribution < -0.4 is 5.32 Å². The molecule has 1 fully saturated rings. The van der Waals surface area contributed by atoms with E-state index in [1.165, 1.54) is 10.6 Å². The van der Waals surface area contributed by atoms with E-state index in [1.807, 2.05) is 0 Å². The first kappa shape index (κ1) is 10.1. The van der Waals surface area contributed by atoms with Crippen molar-refractivity contribution in [3.8, 4) is 0 Å². The number of rotatable bonds is 3. The average molecular weight is 212 g/mol. The predicted molar refractivity (Wildman–Crippen MR) is 57.7 cm³/mol. The molecule has 0 amide bonds. The quantitative estimate of drug-likeness (QED) is 0.827. The average Bonchev–Trinajstić information content (AvgIpc) is 2.72. The van der Waals surface area contributed by atoms with Gasteiger partial charge >= 0.3 is 0 Å². The number of hydrogen-bond donors (Lipinski definition) is 1. The lowest BCUT2D eigenvalue weighted by Crippen LogP contribution is -2.28. The topological polar surface area (TPSA) is 34.2 Å². The molecular weight excluding hydrogens is 196 g/mol. The van der Waals surface area contributed by atoms with Crippen LogP contribution in [0.25, 0.3) is 0 Å². The third-order valence-electron chi connectivity index (χ3n) is 2.48. The molecule has 78 valence electrons. The van der Waals surface area contributed by atoms with E-state index < -0.39 is 0 Å². The van der Waals surface area contributed by atoms with Crippen LogP contribution in [0.3, 0.4) is 0 Å². The van der Waals surface area contributed by atoms with E-state index in [0.29, 0.717) is 6.04 Å². The molecule has 0 spiro atoms. The van der Waals surface area contributed by atoms with Crippen molar-refractivity contribution in [1.29, 1.82) is 0 Å². The number of nitrogens with one attached hydrogen (secondary N) is 1. The number of nitrogens with zero attached hydrogens (tertiary/aromatic N) is 1. The summed E-state index contributed by atoms with van der Waals surface area (Å²) < 4.78 is 5.31. The molecule has 1 aliphatic heterocycles. The fourth-order valence-electron chi connectivity index (χ4n) is 1.67. The summed E-state index contributed by atoms with van der Waals surface area (Å²) in [6.07, 6.45) is 1.14. The van der Waals surface area contributed by atoms with Gasteiger partial charge in [0.15, 0.2) is 0 Å². The van der Waals surface area contributed by atoms with Gasteiger partial charge in [-0.1, -0.05) is 0 Å². The second kappa shape index (κ2) is 4.38. The Labute approximate surface area is 88.5 Å². The van der Waals surface area contributed by atoms with Crippen LogP contribution in [-0.4, -0.2) is 24.2 Å². The van der Waals surface area contributed by atoms with Gasteiger partial charge in [0.1, 0.15) is 0 Å². The van der Waals surface area contributed by atoms with Crippen molar-refractivity contribution in [2.45, 2.75) is 32.9 Å². The zero-order valence-electron chi connectivity index (χ0n) is 8.67. The molecule has 1 atom stereocenters. The monoisotopic (exact) mass is 212 g/mol. The van der Waals surface area contributed by atoms with Gasteiger partial charge in [0.2, 0.25) is 0 Å². The Morgan fingerprint density at radius 3 is 3.00 bits per heavy atom. The van der Waals surface area contributed by atoms with Gasteiger partial charge < -0.3 is 10.1 Å². The SMILES string of the molecule is Cc1nc(C)c(CNC2CCOC2)s1. The van der Waals surface area contributed by atoms with Crippen molar-refractivity contribution < 1.29 is 4.74 Å². The lowest BCUT2D eigenvalue weighted by atomic mass is 10.2. The van der Waals surface area contributed by atoms with Gasteiger partial charge in [0, 0.05) is 24.1 Å². The van der Waals surface area contributed by atoms with E-state index in [-0.39, 0.29) is 0 Å². The van der Waals surface area contributed by atoms with Gasteiger partial charge in [-0.15, -0.1) is 11.3 Å². The van der Waals surface area contributed by atoms with E-state index in [4.69, 9.17) is 4.74 Å². The van der Waals surface area contributed by atoms with E-state index in [0.717, 1.165) is 31.2 Å². The lowest BCUT2D eigenvalue weighted by Gasteiger charge is -2.08. The van der Waals surface area contributed by atoms with E-state index in [2.05, 4.69) is 24.1 Å². The molecule has 1 aliphatic rings. The minimum Gasteiger partial charge on any atom is -0.380 e. The fourth-order valence-corrected chi connectivity index (χ4v) is 2.56. The maximum Gasteiger partial charge on any atom is 0.0900 e. The predicted octanol–water partition coefficient (Wildman–Crippen LogP) is 1.64. The van der Waals surface area contributed by atoms with Gasteiger partial charge in [0.05, 0.1) is 17.3 Å². The van der Waals surface area contributed by atoms with Crippen LogP contribution in [0.15, 0.2) is 0 Å². The highest BCUT2D eigenvalue weighted by Crippen LogP contribution is 2.17. The van der Waals surface area contributed by atoms with Crippen LogP contribution in [0.5, 0.6) is 0 Å². The summed E-state index contributed by atoms with van der Waals surface area (Å²) >= 11 is 1.78. The van der Waals surface area contributed by atoms with Crippen LogP contribution in [-0.2, 0) is 11.3 Å². The smallest absolute Gasteiger partial charge is 0.0900 e. The van der Waals surface area contributed by atoms with E-state index in [9.17, 15) is 0 Å². The first-order valence-corrected chi connectivity index (χ1v) is 5.81. The van der Waals surface area contributed by atoms with E-state index in [1.54, 1.807) is 11.3 Å². The van der Waals surface area contributed by atoms with Crippen molar-refractivity contribution in [3.63, 3.8) is 0 Å². The lowest BCUT2D eigenvalue weighted by molar-refractivity contribution is 0.190. The summed E-state index contributed by atoms with van der Waals surface area (Å²) in [7, 11) is 0. The summed E-state index contributed by atoms with van der Waals surface area (Å²) in [5.74, 6) is 0. The molecule has 2 heterocycles. The third kappa shape index (κ3) is 2.32. The van der Waals surface area contributed by atoms with Gasteiger partial charge in [-0.05, 0) is 20.3 Å². The van der Waals surface area contributed by atoms with Gasteiger partial charge in [-0.3, -0.25) is 0 Å². The number of aromatic nitrogens is 1. The van der Waals surface area contributed by atoms with Crippen molar-refractivity contribution in [1.82, 2.24) is 10.3 Å². The second-order valence-electron chi connectivity index (χ2n) is 3.68. The third-order valence-corrected chi connectivity index (χ3v) is 3.55. The van der Waals surface area contributed by atoms with Crippen molar-refractivity contribution in [3.05, 3.63) is 15.6 Å². The van der Waals surface area contributed by atoms with Crippen LogP contribution >= 0.6 is 11.3 Å². The Morgan fingerprint density at radius 2 is 2.43 bits per heavy atom. The molecule has 1 aromatic heterocycles. The molecule has 1 unspecified atom stereocenters. The Hall–Kier alpha value is -0.450. The van der Waals surface area contributed by atoms with Crippen LogP contribution in [0, 0.1) is 13.8 Å². The van der Waals surface area contributed by atoms with Gasteiger partial charge in [-0.2, -0.15) is 0 Å². The second-order valence-corrected chi connectivity index (χ2v) is 4.97. The minimum atomic E-state index is 0.539. The number of ether oxygens (including phenoxy) is 1. The molecule has 14 heavy (non-hydrogen) atoms. The van der Waals surface area contributed by atoms with Gasteiger partial charge in [0.25, 0.3) is 0 Å². The molecule has 0 saturated carbocycles. The molecular formula is C10H16N2OS. The van der Waals surface area contributed by atoms with Crippen LogP contribution in [0.1, 0.15) is 22.0 Å².